The van der Waals surface area contributed by atoms with Crippen LogP contribution in [-0.4, -0.2) is 49.2 Å². The third-order valence-electron chi connectivity index (χ3n) is 5.74. The van der Waals surface area contributed by atoms with Gasteiger partial charge in [-0.15, -0.1) is 0 Å². The second kappa shape index (κ2) is 8.31. The molecule has 3 N–H and O–H groups in total. The average Bonchev–Trinajstić information content (AvgIpc) is 2.72. The number of ether oxygens (including phenoxy) is 3. The molecule has 0 saturated heterocycles. The molecule has 29 heavy (non-hydrogen) atoms. The summed E-state index contributed by atoms with van der Waals surface area (Å²) in [5, 5.41) is 30.8. The number of rotatable bonds is 6. The first-order valence-corrected chi connectivity index (χ1v) is 9.29. The summed E-state index contributed by atoms with van der Waals surface area (Å²) in [4.78, 5) is 12.3. The van der Waals surface area contributed by atoms with Gasteiger partial charge in [0.2, 0.25) is 0 Å². The molecule has 0 saturated carbocycles. The van der Waals surface area contributed by atoms with Crippen molar-refractivity contribution in [3.63, 3.8) is 0 Å². The van der Waals surface area contributed by atoms with Gasteiger partial charge in [-0.1, -0.05) is 6.07 Å². The zero-order valence-corrected chi connectivity index (χ0v) is 16.9. The van der Waals surface area contributed by atoms with Crippen molar-refractivity contribution in [1.29, 1.82) is 0 Å². The van der Waals surface area contributed by atoms with Crippen molar-refractivity contribution in [3.05, 3.63) is 52.6 Å². The molecule has 4 atom stereocenters. The number of carboxylic acids is 1. The minimum atomic E-state index is -1.10. The van der Waals surface area contributed by atoms with Crippen molar-refractivity contribution in [2.24, 2.45) is 11.8 Å². The van der Waals surface area contributed by atoms with Gasteiger partial charge in [-0.2, -0.15) is 0 Å². The average molecular weight is 402 g/mol. The highest BCUT2D eigenvalue weighted by atomic mass is 16.5. The molecule has 0 aliphatic heterocycles. The molecule has 0 heterocycles. The van der Waals surface area contributed by atoms with Gasteiger partial charge in [0, 0.05) is 18.4 Å². The summed E-state index contributed by atoms with van der Waals surface area (Å²) in [6, 6.07) is 8.81. The molecule has 1 aliphatic rings. The fourth-order valence-electron chi connectivity index (χ4n) is 4.31. The molecule has 0 radical (unpaired) electrons. The van der Waals surface area contributed by atoms with Crippen LogP contribution in [0, 0.1) is 18.8 Å². The Morgan fingerprint density at radius 3 is 2.17 bits per heavy atom. The molecule has 2 unspecified atom stereocenters. The SMILES string of the molecule is COc1cc2c(cc1C)C(O)C(CO)[C@@H](C(=O)O)[C@@H]2c1ccc(OC)c(OC)c1. The molecule has 0 aromatic heterocycles. The lowest BCUT2D eigenvalue weighted by atomic mass is 9.65. The van der Waals surface area contributed by atoms with Gasteiger partial charge in [-0.3, -0.25) is 4.79 Å². The maximum Gasteiger partial charge on any atom is 0.307 e. The topological polar surface area (TPSA) is 105 Å². The molecule has 1 aliphatic carbocycles. The van der Waals surface area contributed by atoms with E-state index in [-0.39, 0.29) is 0 Å². The molecule has 0 fully saturated rings. The minimum Gasteiger partial charge on any atom is -0.496 e. The summed E-state index contributed by atoms with van der Waals surface area (Å²) in [6.45, 7) is 1.40. The molecule has 7 nitrogen and oxygen atoms in total. The summed E-state index contributed by atoms with van der Waals surface area (Å²) < 4.78 is 16.1. The highest BCUT2D eigenvalue weighted by molar-refractivity contribution is 5.74. The maximum atomic E-state index is 12.3. The second-order valence-corrected chi connectivity index (χ2v) is 7.20. The van der Waals surface area contributed by atoms with E-state index in [0.717, 1.165) is 5.56 Å². The second-order valence-electron chi connectivity index (χ2n) is 7.20. The first-order chi connectivity index (χ1) is 13.9. The van der Waals surface area contributed by atoms with Crippen molar-refractivity contribution in [1.82, 2.24) is 0 Å². The van der Waals surface area contributed by atoms with Crippen molar-refractivity contribution < 1.29 is 34.3 Å². The first-order valence-electron chi connectivity index (χ1n) is 9.29. The van der Waals surface area contributed by atoms with Gasteiger partial charge in [-0.05, 0) is 53.4 Å². The lowest BCUT2D eigenvalue weighted by Gasteiger charge is -2.40. The maximum absolute atomic E-state index is 12.3. The van der Waals surface area contributed by atoms with E-state index in [1.54, 1.807) is 37.4 Å². The molecular weight excluding hydrogens is 376 g/mol. The number of aliphatic hydroxyl groups excluding tert-OH is 2. The third kappa shape index (κ3) is 3.52. The van der Waals surface area contributed by atoms with Crippen LogP contribution in [0.15, 0.2) is 30.3 Å². The van der Waals surface area contributed by atoms with Crippen LogP contribution >= 0.6 is 0 Å². The highest BCUT2D eigenvalue weighted by Gasteiger charge is 2.47. The molecule has 0 spiro atoms. The van der Waals surface area contributed by atoms with Crippen molar-refractivity contribution in [2.75, 3.05) is 27.9 Å². The van der Waals surface area contributed by atoms with Gasteiger partial charge in [0.15, 0.2) is 11.5 Å². The number of hydrogen-bond donors (Lipinski definition) is 3. The largest absolute Gasteiger partial charge is 0.496 e. The van der Waals surface area contributed by atoms with Crippen molar-refractivity contribution in [2.45, 2.75) is 18.9 Å². The Labute approximate surface area is 169 Å². The van der Waals surface area contributed by atoms with E-state index in [4.69, 9.17) is 14.2 Å². The first kappa shape index (κ1) is 21.0. The van der Waals surface area contributed by atoms with Crippen molar-refractivity contribution >= 4 is 5.97 Å². The summed E-state index contributed by atoms with van der Waals surface area (Å²) in [7, 11) is 4.59. The van der Waals surface area contributed by atoms with Crippen LogP contribution in [0.2, 0.25) is 0 Å². The van der Waals surface area contributed by atoms with Gasteiger partial charge < -0.3 is 29.5 Å². The highest BCUT2D eigenvalue weighted by Crippen LogP contribution is 2.50. The van der Waals surface area contributed by atoms with Gasteiger partial charge in [-0.25, -0.2) is 0 Å². The van der Waals surface area contributed by atoms with Crippen LogP contribution in [-0.2, 0) is 4.79 Å². The quantitative estimate of drug-likeness (QED) is 0.682. The Hall–Kier alpha value is -2.77. The standard InChI is InChI=1S/C22H26O7/c1-11-7-14-13(9-17(11)28-3)19(20(22(25)26)15(10-23)21(14)24)12-5-6-16(27-2)18(8-12)29-4/h5-9,15,19-21,23-24H,10H2,1-4H3,(H,25,26)/t15?,19-,20-,21?/m1/s1. The number of aryl methyl sites for hydroxylation is 1. The molecule has 0 amide bonds. The Kier molecular flexibility index (Phi) is 6.00. The minimum absolute atomic E-state index is 0.452. The fourth-order valence-corrected chi connectivity index (χ4v) is 4.31. The fraction of sp³-hybridized carbons (Fsp3) is 0.409. The van der Waals surface area contributed by atoms with Gasteiger partial charge >= 0.3 is 5.97 Å². The van der Waals surface area contributed by atoms with Crippen LogP contribution in [0.25, 0.3) is 0 Å². The number of aliphatic hydroxyl groups is 2. The van der Waals surface area contributed by atoms with E-state index in [1.165, 1.54) is 14.2 Å². The summed E-state index contributed by atoms with van der Waals surface area (Å²) in [5.41, 5.74) is 2.76. The smallest absolute Gasteiger partial charge is 0.307 e. The molecule has 156 valence electrons. The van der Waals surface area contributed by atoms with Crippen LogP contribution in [0.3, 0.4) is 0 Å². The lowest BCUT2D eigenvalue weighted by Crippen LogP contribution is -2.40. The Balaban J connectivity index is 2.29. The number of hydrogen-bond acceptors (Lipinski definition) is 6. The number of carbonyl (C=O) groups is 1. The molecular formula is C22H26O7. The number of fused-ring (bicyclic) bond motifs is 1. The monoisotopic (exact) mass is 402 g/mol. The number of methoxy groups -OCH3 is 3. The van der Waals surface area contributed by atoms with Gasteiger partial charge in [0.05, 0.1) is 33.4 Å². The van der Waals surface area contributed by atoms with E-state index in [0.29, 0.717) is 33.9 Å². The van der Waals surface area contributed by atoms with E-state index in [2.05, 4.69) is 0 Å². The Bertz CT molecular complexity index is 908. The summed E-state index contributed by atoms with van der Waals surface area (Å²) in [6.07, 6.45) is -1.10. The molecule has 2 aromatic carbocycles. The predicted octanol–water partition coefficient (Wildman–Crippen LogP) is 2.51. The normalized spacial score (nSPS) is 23.2. The number of aliphatic carboxylic acids is 1. The van der Waals surface area contributed by atoms with Gasteiger partial charge in [0.25, 0.3) is 0 Å². The summed E-state index contributed by atoms with van der Waals surface area (Å²) in [5.74, 6) is -1.99. The lowest BCUT2D eigenvalue weighted by molar-refractivity contribution is -0.148. The van der Waals surface area contributed by atoms with E-state index >= 15 is 0 Å². The molecule has 2 aromatic rings. The Morgan fingerprint density at radius 2 is 1.62 bits per heavy atom. The number of carboxylic acid groups (broad SMARTS) is 1. The van der Waals surface area contributed by atoms with E-state index < -0.39 is 36.4 Å². The Morgan fingerprint density at radius 1 is 0.966 bits per heavy atom. The molecule has 0 bridgehead atoms. The number of benzene rings is 2. The predicted molar refractivity (Wildman–Crippen MR) is 106 cm³/mol. The van der Waals surface area contributed by atoms with Crippen molar-refractivity contribution in [3.8, 4) is 17.2 Å². The molecule has 7 heteroatoms. The third-order valence-corrected chi connectivity index (χ3v) is 5.74. The summed E-state index contributed by atoms with van der Waals surface area (Å²) >= 11 is 0. The van der Waals surface area contributed by atoms with Crippen LogP contribution in [0.4, 0.5) is 0 Å². The molecule has 3 rings (SSSR count). The van der Waals surface area contributed by atoms with E-state index in [1.807, 2.05) is 6.92 Å². The zero-order chi connectivity index (χ0) is 21.3. The van der Waals surface area contributed by atoms with Crippen LogP contribution < -0.4 is 14.2 Å². The van der Waals surface area contributed by atoms with Crippen LogP contribution in [0.1, 0.15) is 34.3 Å². The van der Waals surface area contributed by atoms with Crippen LogP contribution in [0.5, 0.6) is 17.2 Å². The zero-order valence-electron chi connectivity index (χ0n) is 16.9. The van der Waals surface area contributed by atoms with Gasteiger partial charge in [0.1, 0.15) is 5.75 Å². The van der Waals surface area contributed by atoms with E-state index in [9.17, 15) is 20.1 Å².